The first-order chi connectivity index (χ1) is 8.48. The monoisotopic (exact) mass is 269 g/mol. The Morgan fingerprint density at radius 2 is 2.17 bits per heavy atom. The maximum Gasteiger partial charge on any atom is 0.270 e. The Balaban J connectivity index is 1.99. The van der Waals surface area contributed by atoms with Crippen molar-refractivity contribution in [2.24, 2.45) is 5.10 Å². The molecule has 0 aromatic heterocycles. The van der Waals surface area contributed by atoms with E-state index in [1.807, 2.05) is 16.7 Å². The van der Waals surface area contributed by atoms with E-state index >= 15 is 0 Å². The van der Waals surface area contributed by atoms with Gasteiger partial charge in [0.15, 0.2) is 0 Å². The number of carbonyl (C=O) groups excluding carboxylic acids is 2. The lowest BCUT2D eigenvalue weighted by Gasteiger charge is -2.23. The molecule has 0 atom stereocenters. The summed E-state index contributed by atoms with van der Waals surface area (Å²) in [5.41, 5.74) is 2.87. The third-order valence-corrected chi connectivity index (χ3v) is 4.65. The highest BCUT2D eigenvalue weighted by Crippen LogP contribution is 2.30. The summed E-state index contributed by atoms with van der Waals surface area (Å²) in [5, 5.41) is 3.87. The molecule has 2 rings (SSSR count). The normalized spacial score (nSPS) is 24.0. The minimum Gasteiger partial charge on any atom is -0.337 e. The predicted octanol–water partition coefficient (Wildman–Crippen LogP) is 0.996. The van der Waals surface area contributed by atoms with Gasteiger partial charge in [0.25, 0.3) is 5.91 Å². The highest BCUT2D eigenvalue weighted by molar-refractivity contribution is 8.00. The molecule has 0 aromatic carbocycles. The van der Waals surface area contributed by atoms with Gasteiger partial charge in [0.1, 0.15) is 5.71 Å². The molecule has 0 aromatic rings. The minimum atomic E-state index is -0.112. The Bertz CT molecular complexity index is 393. The largest absolute Gasteiger partial charge is 0.337 e. The molecule has 0 aliphatic carbocycles. The van der Waals surface area contributed by atoms with Crippen LogP contribution in [0.4, 0.5) is 0 Å². The van der Waals surface area contributed by atoms with Crippen LogP contribution in [0.3, 0.4) is 0 Å². The molecule has 18 heavy (non-hydrogen) atoms. The van der Waals surface area contributed by atoms with Crippen LogP contribution in [0.1, 0.15) is 33.1 Å². The van der Waals surface area contributed by atoms with E-state index in [1.54, 1.807) is 0 Å². The van der Waals surface area contributed by atoms with Crippen LogP contribution in [0.5, 0.6) is 0 Å². The van der Waals surface area contributed by atoms with Crippen LogP contribution in [0, 0.1) is 0 Å². The number of hydrazone groups is 1. The number of nitrogens with one attached hydrogen (secondary N) is 1. The van der Waals surface area contributed by atoms with Gasteiger partial charge in [-0.25, -0.2) is 5.43 Å². The first-order valence-corrected chi connectivity index (χ1v) is 7.25. The Labute approximate surface area is 111 Å². The molecule has 1 fully saturated rings. The quantitative estimate of drug-likeness (QED) is 0.772. The Morgan fingerprint density at radius 3 is 2.83 bits per heavy atom. The minimum absolute atomic E-state index is 0.0201. The fourth-order valence-electron chi connectivity index (χ4n) is 2.03. The second-order valence-electron chi connectivity index (χ2n) is 5.24. The van der Waals surface area contributed by atoms with Crippen molar-refractivity contribution in [3.63, 3.8) is 0 Å². The summed E-state index contributed by atoms with van der Waals surface area (Å²) in [4.78, 5) is 25.1. The number of hydrogen-bond acceptors (Lipinski definition) is 4. The number of rotatable bonds is 1. The van der Waals surface area contributed by atoms with E-state index in [0.29, 0.717) is 18.6 Å². The molecule has 0 spiro atoms. The maximum absolute atomic E-state index is 12.3. The average molecular weight is 269 g/mol. The summed E-state index contributed by atoms with van der Waals surface area (Å²) in [6.45, 7) is 5.96. The van der Waals surface area contributed by atoms with Crippen LogP contribution in [0.25, 0.3) is 0 Å². The van der Waals surface area contributed by atoms with Crippen LogP contribution in [0.2, 0.25) is 0 Å². The van der Waals surface area contributed by atoms with Crippen molar-refractivity contribution >= 4 is 29.3 Å². The molecule has 2 aliphatic rings. The Kier molecular flexibility index (Phi) is 3.94. The number of thioether (sulfide) groups is 1. The second kappa shape index (κ2) is 5.30. The van der Waals surface area contributed by atoms with Gasteiger partial charge in [-0.3, -0.25) is 9.59 Å². The fourth-order valence-corrected chi connectivity index (χ4v) is 3.13. The summed E-state index contributed by atoms with van der Waals surface area (Å²) in [6.07, 6.45) is 1.80. The zero-order valence-corrected chi connectivity index (χ0v) is 11.7. The number of hydrogen-bond donors (Lipinski definition) is 1. The van der Waals surface area contributed by atoms with Crippen molar-refractivity contribution in [2.45, 2.75) is 37.9 Å². The SMILES string of the molecule is CC1(C)CCN(C(=O)C2=NNC(=O)CC2)CCS1. The Morgan fingerprint density at radius 1 is 1.39 bits per heavy atom. The van der Waals surface area contributed by atoms with E-state index in [9.17, 15) is 9.59 Å². The first-order valence-electron chi connectivity index (χ1n) is 6.26. The van der Waals surface area contributed by atoms with Crippen molar-refractivity contribution in [1.82, 2.24) is 10.3 Å². The topological polar surface area (TPSA) is 61.8 Å². The zero-order valence-electron chi connectivity index (χ0n) is 10.9. The van der Waals surface area contributed by atoms with E-state index < -0.39 is 0 Å². The fraction of sp³-hybridized carbons (Fsp3) is 0.750. The molecule has 6 heteroatoms. The summed E-state index contributed by atoms with van der Waals surface area (Å²) < 4.78 is 0.234. The number of amides is 2. The lowest BCUT2D eigenvalue weighted by molar-refractivity contribution is -0.124. The molecule has 5 nitrogen and oxygen atoms in total. The van der Waals surface area contributed by atoms with Crippen LogP contribution >= 0.6 is 11.8 Å². The Hall–Kier alpha value is -1.04. The van der Waals surface area contributed by atoms with E-state index in [4.69, 9.17) is 0 Å². The molecule has 0 bridgehead atoms. The smallest absolute Gasteiger partial charge is 0.270 e. The second-order valence-corrected chi connectivity index (χ2v) is 7.05. The first kappa shape index (κ1) is 13.4. The van der Waals surface area contributed by atoms with E-state index in [0.717, 1.165) is 25.3 Å². The van der Waals surface area contributed by atoms with Crippen molar-refractivity contribution in [3.05, 3.63) is 0 Å². The summed E-state index contributed by atoms with van der Waals surface area (Å²) in [5.74, 6) is 0.825. The molecule has 0 unspecified atom stereocenters. The van der Waals surface area contributed by atoms with Gasteiger partial charge in [-0.15, -0.1) is 0 Å². The van der Waals surface area contributed by atoms with Crippen molar-refractivity contribution < 1.29 is 9.59 Å². The number of carbonyl (C=O) groups is 2. The highest BCUT2D eigenvalue weighted by Gasteiger charge is 2.28. The molecule has 0 saturated carbocycles. The number of nitrogens with zero attached hydrogens (tertiary/aromatic N) is 2. The molecular weight excluding hydrogens is 250 g/mol. The zero-order chi connectivity index (χ0) is 13.2. The molecular formula is C12H19N3O2S. The third-order valence-electron chi connectivity index (χ3n) is 3.28. The standard InChI is InChI=1S/C12H19N3O2S/c1-12(2)5-6-15(7-8-18-12)11(17)9-3-4-10(16)14-13-9/h3-8H2,1-2H3,(H,14,16). The van der Waals surface area contributed by atoms with E-state index in [1.165, 1.54) is 0 Å². The van der Waals surface area contributed by atoms with Gasteiger partial charge >= 0.3 is 0 Å². The lowest BCUT2D eigenvalue weighted by Crippen LogP contribution is -2.41. The van der Waals surface area contributed by atoms with Crippen LogP contribution in [-0.2, 0) is 9.59 Å². The highest BCUT2D eigenvalue weighted by atomic mass is 32.2. The molecule has 100 valence electrons. The van der Waals surface area contributed by atoms with Crippen molar-refractivity contribution in [1.29, 1.82) is 0 Å². The van der Waals surface area contributed by atoms with Crippen LogP contribution < -0.4 is 5.43 Å². The molecule has 1 saturated heterocycles. The van der Waals surface area contributed by atoms with Crippen LogP contribution in [-0.4, -0.2) is 46.0 Å². The predicted molar refractivity (Wildman–Crippen MR) is 72.5 cm³/mol. The van der Waals surface area contributed by atoms with Gasteiger partial charge in [-0.05, 0) is 6.42 Å². The molecule has 2 aliphatic heterocycles. The summed E-state index contributed by atoms with van der Waals surface area (Å²) in [6, 6.07) is 0. The van der Waals surface area contributed by atoms with Gasteiger partial charge in [0.2, 0.25) is 5.91 Å². The van der Waals surface area contributed by atoms with Gasteiger partial charge in [-0.1, -0.05) is 13.8 Å². The lowest BCUT2D eigenvalue weighted by atomic mass is 10.1. The average Bonchev–Trinajstić information content (AvgIpc) is 2.50. The van der Waals surface area contributed by atoms with Gasteiger partial charge in [0, 0.05) is 36.4 Å². The van der Waals surface area contributed by atoms with E-state index in [-0.39, 0.29) is 16.6 Å². The van der Waals surface area contributed by atoms with Crippen LogP contribution in [0.15, 0.2) is 5.10 Å². The van der Waals surface area contributed by atoms with Crippen molar-refractivity contribution in [2.75, 3.05) is 18.8 Å². The molecule has 0 radical (unpaired) electrons. The van der Waals surface area contributed by atoms with Crippen molar-refractivity contribution in [3.8, 4) is 0 Å². The third kappa shape index (κ3) is 3.25. The van der Waals surface area contributed by atoms with Gasteiger partial charge in [-0.2, -0.15) is 16.9 Å². The van der Waals surface area contributed by atoms with Gasteiger partial charge in [0.05, 0.1) is 0 Å². The molecule has 2 amide bonds. The summed E-state index contributed by atoms with van der Waals surface area (Å²) >= 11 is 1.91. The molecule has 2 heterocycles. The maximum atomic E-state index is 12.3. The van der Waals surface area contributed by atoms with Gasteiger partial charge < -0.3 is 4.90 Å². The van der Waals surface area contributed by atoms with E-state index in [2.05, 4.69) is 24.4 Å². The summed E-state index contributed by atoms with van der Waals surface area (Å²) in [7, 11) is 0. The molecule has 1 N–H and O–H groups in total.